The van der Waals surface area contributed by atoms with Crippen LogP contribution < -0.4 is 11.1 Å². The Morgan fingerprint density at radius 1 is 0.925 bits per heavy atom. The van der Waals surface area contributed by atoms with Gasteiger partial charge in [0.05, 0.1) is 23.7 Å². The van der Waals surface area contributed by atoms with Crippen molar-refractivity contribution < 1.29 is 65.9 Å². The number of nitrogens with zero attached hydrogens (tertiary/aromatic N) is 2. The quantitative estimate of drug-likeness (QED) is 0.135. The Kier molecular flexibility index (Phi) is 13.6. The summed E-state index contributed by atoms with van der Waals surface area (Å²) in [6.45, 7) is 3.64. The summed E-state index contributed by atoms with van der Waals surface area (Å²) in [5, 5.41) is 37.2. The molecular formula is C34H35F6N5O8. The smallest absolute Gasteiger partial charge is 0.490 e. The Bertz CT molecular complexity index is 1870. The molecule has 5 rings (SSSR count). The molecule has 1 aromatic heterocycles. The van der Waals surface area contributed by atoms with Crippen LogP contribution in [0, 0.1) is 13.8 Å². The number of aromatic nitrogens is 2. The molecule has 53 heavy (non-hydrogen) atoms. The Morgan fingerprint density at radius 3 is 1.94 bits per heavy atom. The number of carbonyl (C=O) groups excluding carboxylic acids is 2. The largest absolute Gasteiger partial charge is 0.508 e. The number of aryl methyl sites for hydroxylation is 2. The van der Waals surface area contributed by atoms with Gasteiger partial charge in [-0.15, -0.1) is 0 Å². The van der Waals surface area contributed by atoms with Crippen LogP contribution in [0.4, 0.5) is 26.3 Å². The molecule has 1 aliphatic heterocycles. The minimum absolute atomic E-state index is 0.168. The number of benzene rings is 3. The number of para-hydroxylation sites is 2. The van der Waals surface area contributed by atoms with Gasteiger partial charge in [-0.05, 0) is 72.4 Å². The minimum Gasteiger partial charge on any atom is -0.508 e. The molecule has 0 radical (unpaired) electrons. The molecule has 1 aliphatic rings. The summed E-state index contributed by atoms with van der Waals surface area (Å²) >= 11 is 0. The van der Waals surface area contributed by atoms with Gasteiger partial charge in [0.25, 0.3) is 0 Å². The highest BCUT2D eigenvalue weighted by Gasteiger charge is 2.39. The highest BCUT2D eigenvalue weighted by Crippen LogP contribution is 2.27. The number of hydrogen-bond acceptors (Lipinski definition) is 8. The van der Waals surface area contributed by atoms with E-state index in [0.717, 1.165) is 38.9 Å². The van der Waals surface area contributed by atoms with Crippen molar-refractivity contribution in [2.24, 2.45) is 5.73 Å². The predicted octanol–water partition coefficient (Wildman–Crippen LogP) is 3.83. The van der Waals surface area contributed by atoms with Gasteiger partial charge in [0, 0.05) is 13.0 Å². The topological polar surface area (TPSA) is 219 Å². The van der Waals surface area contributed by atoms with Crippen LogP contribution in [0.3, 0.4) is 0 Å². The third kappa shape index (κ3) is 11.1. The molecule has 13 nitrogen and oxygen atoms in total. The molecule has 0 fully saturated rings. The van der Waals surface area contributed by atoms with Gasteiger partial charge in [-0.3, -0.25) is 9.59 Å². The summed E-state index contributed by atoms with van der Waals surface area (Å²) in [5.74, 6) is -5.63. The summed E-state index contributed by atoms with van der Waals surface area (Å²) in [6, 6.07) is 16.1. The number of phenols is 1. The maximum absolute atomic E-state index is 13.8. The fourth-order valence-corrected chi connectivity index (χ4v) is 5.41. The van der Waals surface area contributed by atoms with Gasteiger partial charge < -0.3 is 41.4 Å². The van der Waals surface area contributed by atoms with Gasteiger partial charge in [-0.2, -0.15) is 26.3 Å². The van der Waals surface area contributed by atoms with Crippen molar-refractivity contribution in [3.8, 4) is 5.75 Å². The Balaban J connectivity index is 0.000000458. The number of fused-ring (bicyclic) bond motifs is 2. The number of carboxylic acid groups (broad SMARTS) is 2. The summed E-state index contributed by atoms with van der Waals surface area (Å²) in [7, 11) is 0. The number of amides is 2. The third-order valence-electron chi connectivity index (χ3n) is 7.98. The zero-order chi connectivity index (χ0) is 39.8. The molecule has 0 spiro atoms. The predicted molar refractivity (Wildman–Crippen MR) is 175 cm³/mol. The van der Waals surface area contributed by atoms with E-state index in [2.05, 4.69) is 15.3 Å². The Morgan fingerprint density at radius 2 is 1.43 bits per heavy atom. The molecule has 0 saturated carbocycles. The van der Waals surface area contributed by atoms with E-state index in [0.29, 0.717) is 12.2 Å². The number of nitrogens with two attached hydrogens (primary N) is 1. The number of aliphatic hydroxyl groups is 1. The van der Waals surface area contributed by atoms with Gasteiger partial charge in [0.1, 0.15) is 23.7 Å². The second-order valence-electron chi connectivity index (χ2n) is 11.8. The number of H-pyrrole nitrogens is 1. The number of aromatic hydroxyl groups is 1. The maximum atomic E-state index is 13.8. The lowest BCUT2D eigenvalue weighted by Gasteiger charge is -2.38. The summed E-state index contributed by atoms with van der Waals surface area (Å²) in [4.78, 5) is 54.5. The van der Waals surface area contributed by atoms with Gasteiger partial charge >= 0.3 is 24.3 Å². The first-order chi connectivity index (χ1) is 24.6. The van der Waals surface area contributed by atoms with Crippen LogP contribution in [0.1, 0.15) is 39.7 Å². The highest BCUT2D eigenvalue weighted by molar-refractivity contribution is 5.91. The van der Waals surface area contributed by atoms with Crippen LogP contribution in [0.2, 0.25) is 0 Å². The molecule has 19 heteroatoms. The number of carboxylic acids is 2. The summed E-state index contributed by atoms with van der Waals surface area (Å²) in [6.07, 6.45) is -9.56. The fraction of sp³-hybridized carbons (Fsp3) is 0.324. The molecule has 2 heterocycles. The maximum Gasteiger partial charge on any atom is 0.490 e. The van der Waals surface area contributed by atoms with Gasteiger partial charge in [0.15, 0.2) is 0 Å². The first-order valence-corrected chi connectivity index (χ1v) is 15.5. The number of rotatable bonds is 7. The van der Waals surface area contributed by atoms with Gasteiger partial charge in [0.2, 0.25) is 11.8 Å². The molecule has 0 aliphatic carbocycles. The number of nitrogens with one attached hydrogen (secondary N) is 2. The number of aliphatic carboxylic acids is 2. The molecule has 3 atom stereocenters. The first-order valence-electron chi connectivity index (χ1n) is 15.5. The van der Waals surface area contributed by atoms with E-state index in [9.17, 15) is 46.1 Å². The lowest BCUT2D eigenvalue weighted by molar-refractivity contribution is -0.193. The molecule has 4 aromatic rings. The van der Waals surface area contributed by atoms with Gasteiger partial charge in [-0.1, -0.05) is 36.4 Å². The van der Waals surface area contributed by atoms with Gasteiger partial charge in [-0.25, -0.2) is 14.6 Å². The number of halogens is 6. The summed E-state index contributed by atoms with van der Waals surface area (Å²) in [5.41, 5.74) is 12.6. The molecule has 0 unspecified atom stereocenters. The second-order valence-corrected chi connectivity index (χ2v) is 11.8. The molecule has 3 aromatic carbocycles. The van der Waals surface area contributed by atoms with Crippen molar-refractivity contribution in [2.45, 2.75) is 63.7 Å². The van der Waals surface area contributed by atoms with E-state index in [-0.39, 0.29) is 37.1 Å². The van der Waals surface area contributed by atoms with Crippen LogP contribution in [0.25, 0.3) is 11.0 Å². The molecule has 0 saturated heterocycles. The number of imidazole rings is 1. The Labute approximate surface area is 297 Å². The lowest BCUT2D eigenvalue weighted by atomic mass is 9.91. The van der Waals surface area contributed by atoms with Crippen molar-refractivity contribution in [2.75, 3.05) is 6.61 Å². The van der Waals surface area contributed by atoms with E-state index < -0.39 is 42.4 Å². The normalized spacial score (nSPS) is 15.1. The van der Waals surface area contributed by atoms with Crippen molar-refractivity contribution in [3.05, 3.63) is 94.3 Å². The SMILES string of the molecule is Cc1cc(O)cc(C)c1C[C@H](N)C(=O)N1Cc2ccccc2C[C@H]1C(=O)N[C@@H](CO)c1nc2ccccc2[nH]1.O=C(O)C(F)(F)F.O=C(O)C(F)(F)F. The number of aromatic amines is 1. The van der Waals surface area contributed by atoms with Crippen molar-refractivity contribution in [1.82, 2.24) is 20.2 Å². The lowest BCUT2D eigenvalue weighted by Crippen LogP contribution is -2.57. The monoisotopic (exact) mass is 755 g/mol. The number of phenolic OH excluding ortho intramolecular Hbond substituents is 1. The van der Waals surface area contributed by atoms with Crippen LogP contribution in [0.15, 0.2) is 60.7 Å². The number of hydrogen-bond donors (Lipinski definition) is 7. The van der Waals surface area contributed by atoms with E-state index in [1.54, 1.807) is 17.0 Å². The number of carbonyl (C=O) groups is 4. The van der Waals surface area contributed by atoms with Crippen molar-refractivity contribution in [3.63, 3.8) is 0 Å². The number of aliphatic hydroxyl groups excluding tert-OH is 1. The molecular weight excluding hydrogens is 720 g/mol. The zero-order valence-corrected chi connectivity index (χ0v) is 28.0. The number of alkyl halides is 6. The van der Waals surface area contributed by atoms with Crippen molar-refractivity contribution >= 4 is 34.8 Å². The molecule has 2 amide bonds. The highest BCUT2D eigenvalue weighted by atomic mass is 19.4. The zero-order valence-electron chi connectivity index (χ0n) is 28.0. The molecule has 286 valence electrons. The molecule has 8 N–H and O–H groups in total. The van der Waals surface area contributed by atoms with Crippen molar-refractivity contribution in [1.29, 1.82) is 0 Å². The van der Waals surface area contributed by atoms with E-state index in [4.69, 9.17) is 25.5 Å². The van der Waals surface area contributed by atoms with E-state index >= 15 is 0 Å². The average Bonchev–Trinajstić information content (AvgIpc) is 3.51. The van der Waals surface area contributed by atoms with E-state index in [1.165, 1.54) is 0 Å². The fourth-order valence-electron chi connectivity index (χ4n) is 5.41. The average molecular weight is 756 g/mol. The van der Waals surface area contributed by atoms with Crippen LogP contribution >= 0.6 is 0 Å². The third-order valence-corrected chi connectivity index (χ3v) is 7.98. The van der Waals surface area contributed by atoms with Crippen LogP contribution in [-0.4, -0.2) is 90.1 Å². The van der Waals surface area contributed by atoms with Crippen LogP contribution in [-0.2, 0) is 38.6 Å². The standard InChI is InChI=1S/C30H33N5O4.2C2HF3O2/c1-17-11-21(37)12-18(2)22(17)14-23(31)30(39)35-15-20-8-4-3-7-19(20)13-27(35)29(38)34-26(16-36)28-32-24-9-5-6-10-25(24)33-28;2*3-2(4,5)1(6)7/h3-12,23,26-27,36-37H,13-16,31H2,1-2H3,(H,32,33)(H,34,38);2*(H,6,7)/t23-,26-,27-;;/m0../s1. The minimum atomic E-state index is -5.08. The van der Waals surface area contributed by atoms with Crippen LogP contribution in [0.5, 0.6) is 5.75 Å². The Hall–Kier alpha value is -5.69. The molecule has 0 bridgehead atoms. The summed E-state index contributed by atoms with van der Waals surface area (Å²) < 4.78 is 63.5. The second kappa shape index (κ2) is 17.2. The first kappa shape index (κ1) is 41.7. The van der Waals surface area contributed by atoms with E-state index in [1.807, 2.05) is 62.4 Å².